The molecule has 1 heterocycles. The molecule has 0 aromatic heterocycles. The van der Waals surface area contributed by atoms with Crippen LogP contribution >= 0.6 is 23.8 Å². The lowest BCUT2D eigenvalue weighted by atomic mass is 10.1. The van der Waals surface area contributed by atoms with Crippen LogP contribution in [0.4, 0.5) is 11.4 Å². The lowest BCUT2D eigenvalue weighted by Crippen LogP contribution is -2.32. The van der Waals surface area contributed by atoms with Crippen LogP contribution in [-0.2, 0) is 21.4 Å². The van der Waals surface area contributed by atoms with Gasteiger partial charge in [-0.3, -0.25) is 10.2 Å². The number of hydrogen-bond acceptors (Lipinski definition) is 5. The number of thiocarbonyl (C=S) groups is 1. The van der Waals surface area contributed by atoms with Crippen molar-refractivity contribution in [1.29, 1.82) is 0 Å². The highest BCUT2D eigenvalue weighted by atomic mass is 35.5. The van der Waals surface area contributed by atoms with Crippen molar-refractivity contribution in [1.82, 2.24) is 5.43 Å². The van der Waals surface area contributed by atoms with E-state index in [1.54, 1.807) is 23.1 Å². The fraction of sp³-hybridized carbons (Fsp3) is 0.0455. The third-order valence-electron chi connectivity index (χ3n) is 4.85. The number of hydrazone groups is 1. The molecule has 168 valence electrons. The van der Waals surface area contributed by atoms with Gasteiger partial charge in [-0.1, -0.05) is 41.9 Å². The Morgan fingerprint density at radius 1 is 1.06 bits per heavy atom. The third kappa shape index (κ3) is 5.20. The van der Waals surface area contributed by atoms with Crippen molar-refractivity contribution in [2.24, 2.45) is 10.2 Å². The van der Waals surface area contributed by atoms with Gasteiger partial charge in [-0.2, -0.15) is 5.10 Å². The number of rotatable bonds is 5. The van der Waals surface area contributed by atoms with E-state index in [0.29, 0.717) is 28.5 Å². The average molecular weight is 500 g/mol. The summed E-state index contributed by atoms with van der Waals surface area (Å²) in [7, 11) is -3.79. The lowest BCUT2D eigenvalue weighted by molar-refractivity contribution is -0.112. The first-order chi connectivity index (χ1) is 15.7. The highest BCUT2D eigenvalue weighted by Crippen LogP contribution is 2.32. The minimum atomic E-state index is -3.79. The number of amides is 1. The van der Waals surface area contributed by atoms with Crippen LogP contribution in [0.5, 0.6) is 0 Å². The molecule has 3 aromatic rings. The minimum Gasteiger partial charge on any atom is -0.331 e. The highest BCUT2D eigenvalue weighted by molar-refractivity contribution is 7.89. The lowest BCUT2D eigenvalue weighted by Gasteiger charge is -2.16. The molecule has 1 aliphatic rings. The molecule has 0 radical (unpaired) electrons. The average Bonchev–Trinajstić information content (AvgIpc) is 3.03. The van der Waals surface area contributed by atoms with Gasteiger partial charge in [0.2, 0.25) is 10.0 Å². The Balaban J connectivity index is 1.53. The zero-order valence-electron chi connectivity index (χ0n) is 17.0. The zero-order chi connectivity index (χ0) is 23.6. The van der Waals surface area contributed by atoms with E-state index in [4.69, 9.17) is 29.0 Å². The number of sulfonamides is 1. The summed E-state index contributed by atoms with van der Waals surface area (Å²) in [6, 6.07) is 20.5. The Hall–Kier alpha value is -3.31. The third-order valence-corrected chi connectivity index (χ3v) is 6.20. The van der Waals surface area contributed by atoms with Crippen LogP contribution in [0, 0.1) is 0 Å². The van der Waals surface area contributed by atoms with Gasteiger partial charge in [0, 0.05) is 16.3 Å². The van der Waals surface area contributed by atoms with Crippen LogP contribution in [-0.4, -0.2) is 25.1 Å². The second-order valence-electron chi connectivity index (χ2n) is 7.13. The summed E-state index contributed by atoms with van der Waals surface area (Å²) in [6.45, 7) is 0.381. The number of anilines is 2. The number of carbonyl (C=O) groups is 1. The van der Waals surface area contributed by atoms with Crippen molar-refractivity contribution in [3.8, 4) is 0 Å². The molecule has 0 bridgehead atoms. The van der Waals surface area contributed by atoms with Gasteiger partial charge < -0.3 is 10.2 Å². The van der Waals surface area contributed by atoms with Crippen LogP contribution < -0.4 is 20.8 Å². The molecule has 0 saturated carbocycles. The first-order valence-corrected chi connectivity index (χ1v) is 12.0. The SMILES string of the molecule is NS(=O)(=O)c1ccc(NC(=S)NN=C2C(=O)N(Cc3ccccc3)c3ccc(Cl)cc32)cc1. The van der Waals surface area contributed by atoms with Crippen molar-refractivity contribution in [2.45, 2.75) is 11.4 Å². The first kappa shape index (κ1) is 22.9. The quantitative estimate of drug-likeness (QED) is 0.366. The summed E-state index contributed by atoms with van der Waals surface area (Å²) >= 11 is 11.4. The topological polar surface area (TPSA) is 117 Å². The van der Waals surface area contributed by atoms with Crippen LogP contribution in [0.3, 0.4) is 0 Å². The summed E-state index contributed by atoms with van der Waals surface area (Å²) in [5.41, 5.74) is 5.63. The summed E-state index contributed by atoms with van der Waals surface area (Å²) in [5.74, 6) is -0.288. The molecular formula is C22H18ClN5O3S2. The molecule has 0 spiro atoms. The number of halogens is 1. The molecule has 4 rings (SSSR count). The van der Waals surface area contributed by atoms with Gasteiger partial charge in [-0.15, -0.1) is 0 Å². The maximum absolute atomic E-state index is 13.2. The molecule has 1 amide bonds. The first-order valence-electron chi connectivity index (χ1n) is 9.65. The molecule has 0 unspecified atom stereocenters. The molecule has 8 nitrogen and oxygen atoms in total. The number of nitrogens with two attached hydrogens (primary N) is 1. The van der Waals surface area contributed by atoms with Gasteiger partial charge >= 0.3 is 0 Å². The predicted octanol–water partition coefficient (Wildman–Crippen LogP) is 3.22. The molecular weight excluding hydrogens is 482 g/mol. The van der Waals surface area contributed by atoms with Crippen molar-refractivity contribution in [3.63, 3.8) is 0 Å². The summed E-state index contributed by atoms with van der Waals surface area (Å²) < 4.78 is 22.7. The maximum atomic E-state index is 13.2. The summed E-state index contributed by atoms with van der Waals surface area (Å²) in [5, 5.41) is 12.8. The Labute approximate surface area is 201 Å². The van der Waals surface area contributed by atoms with Crippen molar-refractivity contribution < 1.29 is 13.2 Å². The summed E-state index contributed by atoms with van der Waals surface area (Å²) in [4.78, 5) is 14.8. The molecule has 1 aliphatic heterocycles. The molecule has 4 N–H and O–H groups in total. The standard InChI is InChI=1S/C22H18ClN5O3S2/c23-15-6-11-19-18(12-15)20(21(29)28(19)13-14-4-2-1-3-5-14)26-27-22(32)25-16-7-9-17(10-8-16)33(24,30)31/h1-12H,13H2,(H2,24,30,31)(H2,25,27,32). The van der Waals surface area contributed by atoms with Crippen LogP contribution in [0.2, 0.25) is 5.02 Å². The summed E-state index contributed by atoms with van der Waals surface area (Å²) in [6.07, 6.45) is 0. The van der Waals surface area contributed by atoms with Gasteiger partial charge in [0.05, 0.1) is 17.1 Å². The number of fused-ring (bicyclic) bond motifs is 1. The van der Waals surface area contributed by atoms with E-state index in [1.807, 2.05) is 30.3 Å². The van der Waals surface area contributed by atoms with Gasteiger partial charge in [-0.25, -0.2) is 13.6 Å². The van der Waals surface area contributed by atoms with E-state index in [0.717, 1.165) is 5.56 Å². The van der Waals surface area contributed by atoms with Gasteiger partial charge in [-0.05, 0) is 60.2 Å². The normalized spacial score (nSPS) is 14.3. The number of hydrogen-bond donors (Lipinski definition) is 3. The smallest absolute Gasteiger partial charge is 0.279 e. The highest BCUT2D eigenvalue weighted by Gasteiger charge is 2.34. The molecule has 0 saturated heterocycles. The van der Waals surface area contributed by atoms with E-state index in [-0.39, 0.29) is 21.6 Å². The molecule has 3 aromatic carbocycles. The van der Waals surface area contributed by atoms with E-state index in [1.165, 1.54) is 24.3 Å². The van der Waals surface area contributed by atoms with E-state index < -0.39 is 10.0 Å². The monoisotopic (exact) mass is 499 g/mol. The second kappa shape index (κ2) is 9.28. The van der Waals surface area contributed by atoms with Gasteiger partial charge in [0.15, 0.2) is 10.8 Å². The number of carbonyl (C=O) groups excluding carboxylic acids is 1. The molecule has 0 atom stereocenters. The van der Waals surface area contributed by atoms with Crippen molar-refractivity contribution in [3.05, 3.63) is 88.9 Å². The van der Waals surface area contributed by atoms with Crippen molar-refractivity contribution >= 4 is 61.9 Å². The largest absolute Gasteiger partial charge is 0.331 e. The number of nitrogens with one attached hydrogen (secondary N) is 2. The van der Waals surface area contributed by atoms with E-state index in [9.17, 15) is 13.2 Å². The zero-order valence-corrected chi connectivity index (χ0v) is 19.4. The fourth-order valence-electron chi connectivity index (χ4n) is 3.31. The predicted molar refractivity (Wildman–Crippen MR) is 133 cm³/mol. The second-order valence-corrected chi connectivity index (χ2v) is 9.54. The Morgan fingerprint density at radius 3 is 2.42 bits per heavy atom. The minimum absolute atomic E-state index is 0.0179. The van der Waals surface area contributed by atoms with Crippen LogP contribution in [0.15, 0.2) is 82.8 Å². The molecule has 33 heavy (non-hydrogen) atoms. The number of primary sulfonamides is 1. The Kier molecular flexibility index (Phi) is 6.43. The molecule has 0 aliphatic carbocycles. The van der Waals surface area contributed by atoms with Gasteiger partial charge in [0.25, 0.3) is 5.91 Å². The van der Waals surface area contributed by atoms with Gasteiger partial charge in [0.1, 0.15) is 0 Å². The van der Waals surface area contributed by atoms with Crippen LogP contribution in [0.25, 0.3) is 0 Å². The number of benzene rings is 3. The molecule has 11 heteroatoms. The molecule has 0 fully saturated rings. The van der Waals surface area contributed by atoms with Crippen molar-refractivity contribution in [2.75, 3.05) is 10.2 Å². The van der Waals surface area contributed by atoms with E-state index in [2.05, 4.69) is 15.8 Å². The Bertz CT molecular complexity index is 1360. The van der Waals surface area contributed by atoms with Crippen LogP contribution in [0.1, 0.15) is 11.1 Å². The Morgan fingerprint density at radius 2 is 1.76 bits per heavy atom. The number of nitrogens with zero attached hydrogens (tertiary/aromatic N) is 2. The maximum Gasteiger partial charge on any atom is 0.279 e. The van der Waals surface area contributed by atoms with E-state index >= 15 is 0 Å². The fourth-order valence-corrected chi connectivity index (χ4v) is 4.16.